The van der Waals surface area contributed by atoms with Crippen LogP contribution >= 0.6 is 0 Å². The van der Waals surface area contributed by atoms with E-state index in [1.54, 1.807) is 0 Å². The Morgan fingerprint density at radius 2 is 1.87 bits per heavy atom. The average Bonchev–Trinajstić information content (AvgIpc) is 2.38. The number of rotatable bonds is 3. The second kappa shape index (κ2) is 5.86. The van der Waals surface area contributed by atoms with Gasteiger partial charge < -0.3 is 4.84 Å². The summed E-state index contributed by atoms with van der Waals surface area (Å²) in [6.45, 7) is 9.90. The lowest BCUT2D eigenvalue weighted by molar-refractivity contribution is 0.0201. The first-order chi connectivity index (χ1) is 7.04. The van der Waals surface area contributed by atoms with Gasteiger partial charge in [0.05, 0.1) is 6.61 Å². The first-order valence-corrected chi connectivity index (χ1v) is 6.41. The van der Waals surface area contributed by atoms with Crippen LogP contribution in [0.5, 0.6) is 0 Å². The van der Waals surface area contributed by atoms with Crippen molar-refractivity contribution in [2.75, 3.05) is 6.61 Å². The molecule has 0 radical (unpaired) electrons. The van der Waals surface area contributed by atoms with Gasteiger partial charge in [0.25, 0.3) is 0 Å². The van der Waals surface area contributed by atoms with Crippen molar-refractivity contribution in [3.8, 4) is 0 Å². The van der Waals surface area contributed by atoms with Crippen LogP contribution in [0.3, 0.4) is 0 Å². The molecule has 1 N–H and O–H groups in total. The van der Waals surface area contributed by atoms with E-state index in [0.29, 0.717) is 11.5 Å². The highest BCUT2D eigenvalue weighted by molar-refractivity contribution is 4.79. The standard InChI is InChI=1S/C13H27NO/c1-5-15-14-12-8-6-7-11(9-10-12)13(2,3)4/h11-12,14H,5-10H2,1-4H3. The maximum Gasteiger partial charge on any atom is 0.0654 e. The third-order valence-electron chi connectivity index (χ3n) is 3.59. The van der Waals surface area contributed by atoms with Gasteiger partial charge in [-0.2, -0.15) is 5.48 Å². The summed E-state index contributed by atoms with van der Waals surface area (Å²) in [7, 11) is 0. The molecular formula is C13H27NO. The van der Waals surface area contributed by atoms with Crippen molar-refractivity contribution in [3.05, 3.63) is 0 Å². The Morgan fingerprint density at radius 3 is 2.47 bits per heavy atom. The van der Waals surface area contributed by atoms with Crippen LogP contribution in [-0.2, 0) is 4.84 Å². The van der Waals surface area contributed by atoms with E-state index < -0.39 is 0 Å². The van der Waals surface area contributed by atoms with Crippen molar-refractivity contribution in [2.24, 2.45) is 11.3 Å². The summed E-state index contributed by atoms with van der Waals surface area (Å²) in [6, 6.07) is 0.581. The van der Waals surface area contributed by atoms with Gasteiger partial charge in [-0.05, 0) is 43.9 Å². The zero-order valence-corrected chi connectivity index (χ0v) is 10.8. The van der Waals surface area contributed by atoms with Crippen LogP contribution in [0.4, 0.5) is 0 Å². The van der Waals surface area contributed by atoms with E-state index in [9.17, 15) is 0 Å². The second-order valence-electron chi connectivity index (χ2n) is 5.82. The quantitative estimate of drug-likeness (QED) is 0.572. The molecule has 0 aromatic rings. The number of hydrogen-bond donors (Lipinski definition) is 1. The molecule has 0 aliphatic heterocycles. The molecule has 15 heavy (non-hydrogen) atoms. The van der Waals surface area contributed by atoms with Crippen LogP contribution in [0.1, 0.15) is 59.8 Å². The van der Waals surface area contributed by atoms with Gasteiger partial charge in [-0.3, -0.25) is 0 Å². The monoisotopic (exact) mass is 213 g/mol. The van der Waals surface area contributed by atoms with Crippen molar-refractivity contribution in [1.29, 1.82) is 0 Å². The Labute approximate surface area is 94.7 Å². The van der Waals surface area contributed by atoms with Crippen LogP contribution in [0.2, 0.25) is 0 Å². The van der Waals surface area contributed by atoms with Gasteiger partial charge in [-0.15, -0.1) is 0 Å². The molecule has 2 atom stereocenters. The van der Waals surface area contributed by atoms with E-state index in [-0.39, 0.29) is 0 Å². The van der Waals surface area contributed by atoms with Crippen molar-refractivity contribution in [2.45, 2.75) is 65.8 Å². The van der Waals surface area contributed by atoms with Gasteiger partial charge in [0.1, 0.15) is 0 Å². The van der Waals surface area contributed by atoms with E-state index in [1.165, 1.54) is 32.1 Å². The molecule has 0 amide bonds. The average molecular weight is 213 g/mol. The molecule has 2 nitrogen and oxygen atoms in total. The molecule has 90 valence electrons. The van der Waals surface area contributed by atoms with E-state index in [1.807, 2.05) is 6.92 Å². The molecule has 1 aliphatic carbocycles. The lowest BCUT2D eigenvalue weighted by Crippen LogP contribution is -2.29. The zero-order chi connectivity index (χ0) is 11.3. The molecule has 0 aromatic carbocycles. The third kappa shape index (κ3) is 4.52. The van der Waals surface area contributed by atoms with E-state index >= 15 is 0 Å². The molecule has 1 aliphatic rings. The van der Waals surface area contributed by atoms with Crippen LogP contribution in [0.25, 0.3) is 0 Å². The minimum absolute atomic E-state index is 0.473. The van der Waals surface area contributed by atoms with Crippen LogP contribution in [-0.4, -0.2) is 12.6 Å². The maximum atomic E-state index is 5.30. The Hall–Kier alpha value is -0.0800. The van der Waals surface area contributed by atoms with Gasteiger partial charge in [0, 0.05) is 6.04 Å². The summed E-state index contributed by atoms with van der Waals surface area (Å²) in [5.41, 5.74) is 3.66. The third-order valence-corrected chi connectivity index (χ3v) is 3.59. The van der Waals surface area contributed by atoms with Crippen molar-refractivity contribution >= 4 is 0 Å². The molecule has 0 spiro atoms. The molecule has 0 bridgehead atoms. The van der Waals surface area contributed by atoms with E-state index in [0.717, 1.165) is 12.5 Å². The molecule has 1 rings (SSSR count). The molecule has 1 fully saturated rings. The highest BCUT2D eigenvalue weighted by Gasteiger charge is 2.27. The fourth-order valence-electron chi connectivity index (χ4n) is 2.49. The van der Waals surface area contributed by atoms with Gasteiger partial charge in [-0.1, -0.05) is 27.2 Å². The normalized spacial score (nSPS) is 28.8. The van der Waals surface area contributed by atoms with Gasteiger partial charge >= 0.3 is 0 Å². The minimum atomic E-state index is 0.473. The molecular weight excluding hydrogens is 186 g/mol. The summed E-state index contributed by atoms with van der Waals surface area (Å²) >= 11 is 0. The molecule has 0 heterocycles. The Kier molecular flexibility index (Phi) is 5.07. The van der Waals surface area contributed by atoms with Crippen LogP contribution in [0, 0.1) is 11.3 Å². The van der Waals surface area contributed by atoms with Crippen LogP contribution < -0.4 is 5.48 Å². The first kappa shape index (κ1) is 13.0. The summed E-state index contributed by atoms with van der Waals surface area (Å²) < 4.78 is 0. The Morgan fingerprint density at radius 1 is 1.13 bits per heavy atom. The summed E-state index contributed by atoms with van der Waals surface area (Å²) in [5, 5.41) is 0. The zero-order valence-electron chi connectivity index (χ0n) is 10.8. The Balaban J connectivity index is 2.35. The lowest BCUT2D eigenvalue weighted by atomic mass is 9.76. The molecule has 0 aromatic heterocycles. The minimum Gasteiger partial charge on any atom is -0.302 e. The van der Waals surface area contributed by atoms with E-state index in [2.05, 4.69) is 26.3 Å². The van der Waals surface area contributed by atoms with Crippen molar-refractivity contribution < 1.29 is 4.84 Å². The van der Waals surface area contributed by atoms with Crippen LogP contribution in [0.15, 0.2) is 0 Å². The summed E-state index contributed by atoms with van der Waals surface area (Å²) in [6.07, 6.45) is 6.60. The predicted molar refractivity (Wildman–Crippen MR) is 64.6 cm³/mol. The largest absolute Gasteiger partial charge is 0.302 e. The lowest BCUT2D eigenvalue weighted by Gasteiger charge is -2.29. The highest BCUT2D eigenvalue weighted by atomic mass is 16.6. The second-order valence-corrected chi connectivity index (χ2v) is 5.82. The fourth-order valence-corrected chi connectivity index (χ4v) is 2.49. The number of nitrogens with one attached hydrogen (secondary N) is 1. The smallest absolute Gasteiger partial charge is 0.0654 e. The Bertz CT molecular complexity index is 174. The van der Waals surface area contributed by atoms with E-state index in [4.69, 9.17) is 4.84 Å². The molecule has 2 unspecified atom stereocenters. The van der Waals surface area contributed by atoms with Crippen molar-refractivity contribution in [3.63, 3.8) is 0 Å². The summed E-state index contributed by atoms with van der Waals surface area (Å²) in [5.74, 6) is 0.880. The van der Waals surface area contributed by atoms with Crippen molar-refractivity contribution in [1.82, 2.24) is 5.48 Å². The topological polar surface area (TPSA) is 21.3 Å². The molecule has 2 heteroatoms. The van der Waals surface area contributed by atoms with Gasteiger partial charge in [-0.25, -0.2) is 0 Å². The fraction of sp³-hybridized carbons (Fsp3) is 1.00. The van der Waals surface area contributed by atoms with Gasteiger partial charge in [0.2, 0.25) is 0 Å². The molecule has 1 saturated carbocycles. The van der Waals surface area contributed by atoms with Gasteiger partial charge in [0.15, 0.2) is 0 Å². The predicted octanol–water partition coefficient (Wildman–Crippen LogP) is 3.52. The number of hydroxylamine groups is 1. The number of hydrogen-bond acceptors (Lipinski definition) is 2. The molecule has 0 saturated heterocycles. The SMILES string of the molecule is CCONC1CCCC(C(C)(C)C)CC1. The summed E-state index contributed by atoms with van der Waals surface area (Å²) in [4.78, 5) is 5.30. The maximum absolute atomic E-state index is 5.30. The highest BCUT2D eigenvalue weighted by Crippen LogP contribution is 2.36. The first-order valence-electron chi connectivity index (χ1n) is 6.41.